The lowest BCUT2D eigenvalue weighted by Crippen LogP contribution is -2.33. The molecule has 0 saturated heterocycles. The zero-order valence-electron chi connectivity index (χ0n) is 11.0. The Labute approximate surface area is 108 Å². The molecule has 0 spiro atoms. The maximum Gasteiger partial charge on any atom is 0.488 e. The van der Waals surface area contributed by atoms with Crippen molar-refractivity contribution in [2.75, 3.05) is 13.1 Å². The van der Waals surface area contributed by atoms with Crippen LogP contribution >= 0.6 is 0 Å². The predicted octanol–water partition coefficient (Wildman–Crippen LogP) is 0.629. The van der Waals surface area contributed by atoms with E-state index < -0.39 is 7.12 Å². The first-order valence-electron chi connectivity index (χ1n) is 6.35. The average Bonchev–Trinajstić information content (AvgIpc) is 2.38. The van der Waals surface area contributed by atoms with Crippen molar-refractivity contribution >= 4 is 18.5 Å². The fourth-order valence-electron chi connectivity index (χ4n) is 1.84. The lowest BCUT2D eigenvalue weighted by atomic mass is 9.80. The van der Waals surface area contributed by atoms with E-state index in [2.05, 4.69) is 0 Å². The molecular weight excluding hydrogens is 229 g/mol. The molecule has 0 bridgehead atoms. The first-order valence-corrected chi connectivity index (χ1v) is 6.35. The summed E-state index contributed by atoms with van der Waals surface area (Å²) in [6.45, 7) is 5.58. The maximum atomic E-state index is 12.2. The van der Waals surface area contributed by atoms with Gasteiger partial charge in [0.25, 0.3) is 5.91 Å². The maximum absolute atomic E-state index is 12.2. The fourth-order valence-corrected chi connectivity index (χ4v) is 1.84. The van der Waals surface area contributed by atoms with Gasteiger partial charge in [-0.3, -0.25) is 4.79 Å². The van der Waals surface area contributed by atoms with Crippen molar-refractivity contribution in [3.63, 3.8) is 0 Å². The zero-order chi connectivity index (χ0) is 13.5. The van der Waals surface area contributed by atoms with Crippen molar-refractivity contribution in [3.8, 4) is 0 Å². The third-order valence-electron chi connectivity index (χ3n) is 2.73. The second kappa shape index (κ2) is 7.19. The van der Waals surface area contributed by atoms with Gasteiger partial charge in [0.2, 0.25) is 0 Å². The van der Waals surface area contributed by atoms with Gasteiger partial charge in [0.1, 0.15) is 0 Å². The average molecular weight is 249 g/mol. The van der Waals surface area contributed by atoms with E-state index in [0.29, 0.717) is 11.0 Å². The summed E-state index contributed by atoms with van der Waals surface area (Å²) < 4.78 is 0. The van der Waals surface area contributed by atoms with E-state index in [-0.39, 0.29) is 5.91 Å². The topological polar surface area (TPSA) is 60.8 Å². The number of hydrogen-bond donors (Lipinski definition) is 2. The molecule has 0 unspecified atom stereocenters. The van der Waals surface area contributed by atoms with E-state index in [4.69, 9.17) is 10.0 Å². The molecule has 0 aliphatic rings. The highest BCUT2D eigenvalue weighted by Gasteiger charge is 2.16. The Morgan fingerprint density at radius 3 is 2.00 bits per heavy atom. The summed E-state index contributed by atoms with van der Waals surface area (Å²) in [4.78, 5) is 14.0. The molecule has 0 atom stereocenters. The third-order valence-corrected chi connectivity index (χ3v) is 2.73. The minimum Gasteiger partial charge on any atom is -0.423 e. The van der Waals surface area contributed by atoms with Crippen LogP contribution in [0, 0.1) is 0 Å². The lowest BCUT2D eigenvalue weighted by Gasteiger charge is -2.21. The minimum atomic E-state index is -1.49. The van der Waals surface area contributed by atoms with Gasteiger partial charge in [-0.1, -0.05) is 26.0 Å². The second-order valence-electron chi connectivity index (χ2n) is 4.29. The molecule has 4 nitrogen and oxygen atoms in total. The molecule has 1 aromatic rings. The van der Waals surface area contributed by atoms with Gasteiger partial charge < -0.3 is 14.9 Å². The van der Waals surface area contributed by atoms with Crippen molar-refractivity contribution in [2.24, 2.45) is 0 Å². The molecule has 1 rings (SSSR count). The van der Waals surface area contributed by atoms with Crippen LogP contribution in [0.4, 0.5) is 0 Å². The molecule has 0 aliphatic heterocycles. The summed E-state index contributed by atoms with van der Waals surface area (Å²) in [5.74, 6) is -0.00215. The van der Waals surface area contributed by atoms with Gasteiger partial charge in [0.15, 0.2) is 0 Å². The highest BCUT2D eigenvalue weighted by molar-refractivity contribution is 6.58. The Hall–Kier alpha value is -1.33. The summed E-state index contributed by atoms with van der Waals surface area (Å²) in [7, 11) is -1.49. The molecule has 0 heterocycles. The predicted molar refractivity (Wildman–Crippen MR) is 72.8 cm³/mol. The molecule has 0 radical (unpaired) electrons. The number of nitrogens with zero attached hydrogens (tertiary/aromatic N) is 1. The van der Waals surface area contributed by atoms with E-state index in [0.717, 1.165) is 25.9 Å². The highest BCUT2D eigenvalue weighted by atomic mass is 16.4. The Morgan fingerprint density at radius 2 is 1.61 bits per heavy atom. The van der Waals surface area contributed by atoms with Gasteiger partial charge in [-0.25, -0.2) is 0 Å². The molecule has 18 heavy (non-hydrogen) atoms. The molecule has 0 fully saturated rings. The number of benzene rings is 1. The van der Waals surface area contributed by atoms with E-state index in [1.807, 2.05) is 18.7 Å². The van der Waals surface area contributed by atoms with E-state index >= 15 is 0 Å². The summed E-state index contributed by atoms with van der Waals surface area (Å²) >= 11 is 0. The van der Waals surface area contributed by atoms with Gasteiger partial charge in [-0.05, 0) is 30.4 Å². The van der Waals surface area contributed by atoms with Crippen molar-refractivity contribution < 1.29 is 14.8 Å². The Morgan fingerprint density at radius 1 is 1.11 bits per heavy atom. The molecule has 5 heteroatoms. The van der Waals surface area contributed by atoms with Crippen molar-refractivity contribution in [1.29, 1.82) is 0 Å². The van der Waals surface area contributed by atoms with Crippen LogP contribution in [0.25, 0.3) is 0 Å². The van der Waals surface area contributed by atoms with Crippen LogP contribution in [0.1, 0.15) is 37.0 Å². The van der Waals surface area contributed by atoms with Gasteiger partial charge in [-0.15, -0.1) is 0 Å². The first-order chi connectivity index (χ1) is 8.60. The Balaban J connectivity index is 2.81. The van der Waals surface area contributed by atoms with E-state index in [9.17, 15) is 4.79 Å². The second-order valence-corrected chi connectivity index (χ2v) is 4.29. The summed E-state index contributed by atoms with van der Waals surface area (Å²) in [5.41, 5.74) is 0.977. The van der Waals surface area contributed by atoms with Crippen LogP contribution < -0.4 is 5.46 Å². The molecule has 0 saturated carbocycles. The smallest absolute Gasteiger partial charge is 0.423 e. The number of carbonyl (C=O) groups is 1. The minimum absolute atomic E-state index is 0.00215. The highest BCUT2D eigenvalue weighted by Crippen LogP contribution is 2.05. The summed E-state index contributed by atoms with van der Waals surface area (Å²) in [6, 6.07) is 6.40. The molecule has 1 amide bonds. The molecular formula is C13H20BNO3. The van der Waals surface area contributed by atoms with Crippen molar-refractivity contribution in [3.05, 3.63) is 29.8 Å². The van der Waals surface area contributed by atoms with E-state index in [1.54, 1.807) is 24.3 Å². The number of rotatable bonds is 6. The van der Waals surface area contributed by atoms with Crippen molar-refractivity contribution in [1.82, 2.24) is 4.90 Å². The summed E-state index contributed by atoms with van der Waals surface area (Å²) in [5, 5.41) is 18.0. The van der Waals surface area contributed by atoms with Gasteiger partial charge >= 0.3 is 7.12 Å². The van der Waals surface area contributed by atoms with Gasteiger partial charge in [-0.2, -0.15) is 0 Å². The fraction of sp³-hybridized carbons (Fsp3) is 0.462. The normalized spacial score (nSPS) is 10.2. The lowest BCUT2D eigenvalue weighted by molar-refractivity contribution is 0.0755. The molecule has 0 aromatic heterocycles. The van der Waals surface area contributed by atoms with E-state index in [1.165, 1.54) is 0 Å². The van der Waals surface area contributed by atoms with Crippen molar-refractivity contribution in [2.45, 2.75) is 26.7 Å². The quantitative estimate of drug-likeness (QED) is 0.727. The van der Waals surface area contributed by atoms with Gasteiger partial charge in [0, 0.05) is 18.7 Å². The molecule has 0 aliphatic carbocycles. The number of hydrogen-bond acceptors (Lipinski definition) is 3. The number of amides is 1. The zero-order valence-corrected chi connectivity index (χ0v) is 11.0. The first kappa shape index (κ1) is 14.7. The van der Waals surface area contributed by atoms with Crippen LogP contribution in [0.2, 0.25) is 0 Å². The summed E-state index contributed by atoms with van der Waals surface area (Å²) in [6.07, 6.45) is 1.86. The Kier molecular flexibility index (Phi) is 5.88. The van der Waals surface area contributed by atoms with Crippen LogP contribution in [0.15, 0.2) is 24.3 Å². The number of carbonyl (C=O) groups excluding carboxylic acids is 1. The standard InChI is InChI=1S/C13H20BNO3/c1-3-9-15(10-4-2)13(16)11-5-7-12(8-6-11)14(17)18/h5-8,17-18H,3-4,9-10H2,1-2H3. The third kappa shape index (κ3) is 3.86. The van der Waals surface area contributed by atoms with Gasteiger partial charge in [0.05, 0.1) is 0 Å². The molecule has 98 valence electrons. The SMILES string of the molecule is CCCN(CCC)C(=O)c1ccc(B(O)O)cc1. The van der Waals surface area contributed by atoms with Crippen LogP contribution in [-0.2, 0) is 0 Å². The Bertz CT molecular complexity index is 372. The van der Waals surface area contributed by atoms with Crippen LogP contribution in [0.5, 0.6) is 0 Å². The molecule has 1 aromatic carbocycles. The van der Waals surface area contributed by atoms with Crippen LogP contribution in [0.3, 0.4) is 0 Å². The van der Waals surface area contributed by atoms with Crippen LogP contribution in [-0.4, -0.2) is 41.1 Å². The monoisotopic (exact) mass is 249 g/mol. The molecule has 2 N–H and O–H groups in total. The largest absolute Gasteiger partial charge is 0.488 e.